The average Bonchev–Trinajstić information content (AvgIpc) is 2.94. The Morgan fingerprint density at radius 2 is 2.13 bits per heavy atom. The third-order valence-electron chi connectivity index (χ3n) is 3.22. The van der Waals surface area contributed by atoms with Crippen molar-refractivity contribution in [2.75, 3.05) is 12.0 Å². The van der Waals surface area contributed by atoms with Crippen molar-refractivity contribution in [1.29, 1.82) is 0 Å². The van der Waals surface area contributed by atoms with E-state index < -0.39 is 23.6 Å². The quantitative estimate of drug-likeness (QED) is 0.832. The minimum absolute atomic E-state index is 0.307. The van der Waals surface area contributed by atoms with Gasteiger partial charge in [0.2, 0.25) is 0 Å². The number of nitrogens with zero attached hydrogens (tertiary/aromatic N) is 2. The zero-order chi connectivity index (χ0) is 17.0. The first-order valence-corrected chi connectivity index (χ1v) is 7.43. The van der Waals surface area contributed by atoms with Crippen LogP contribution >= 0.6 is 0 Å². The molecule has 1 aromatic heterocycles. The van der Waals surface area contributed by atoms with Crippen molar-refractivity contribution in [3.05, 3.63) is 24.1 Å². The van der Waals surface area contributed by atoms with Crippen molar-refractivity contribution in [1.82, 2.24) is 15.3 Å². The molecule has 0 saturated carbocycles. The molecule has 0 bridgehead atoms. The van der Waals surface area contributed by atoms with Crippen LogP contribution in [0.2, 0.25) is 0 Å². The number of aromatic nitrogens is 1. The second-order valence-corrected chi connectivity index (χ2v) is 6.31. The second-order valence-electron chi connectivity index (χ2n) is 6.31. The van der Waals surface area contributed by atoms with Crippen LogP contribution in [-0.4, -0.2) is 40.1 Å². The summed E-state index contributed by atoms with van der Waals surface area (Å²) in [7, 11) is 0. The number of hydrazine groups is 1. The largest absolute Gasteiger partial charge is 0.444 e. The van der Waals surface area contributed by atoms with Crippen LogP contribution in [0.25, 0.3) is 0 Å². The molecule has 0 aromatic carbocycles. The number of rotatable bonds is 3. The van der Waals surface area contributed by atoms with Crippen LogP contribution in [0.15, 0.2) is 18.3 Å². The van der Waals surface area contributed by atoms with Crippen LogP contribution in [0.4, 0.5) is 15.0 Å². The number of nitrogens with one attached hydrogen (secondary N) is 2. The minimum atomic E-state index is -0.614. The number of halogens is 1. The number of likely N-dealkylation sites (tertiary alicyclic amines) is 1. The smallest absolute Gasteiger partial charge is 0.410 e. The highest BCUT2D eigenvalue weighted by atomic mass is 19.1. The maximum Gasteiger partial charge on any atom is 0.410 e. The van der Waals surface area contributed by atoms with Crippen molar-refractivity contribution in [2.24, 2.45) is 0 Å². The fourth-order valence-corrected chi connectivity index (χ4v) is 2.24. The van der Waals surface area contributed by atoms with Crippen LogP contribution in [-0.2, 0) is 9.53 Å². The van der Waals surface area contributed by atoms with Gasteiger partial charge in [-0.05, 0) is 45.7 Å². The Morgan fingerprint density at radius 3 is 2.74 bits per heavy atom. The van der Waals surface area contributed by atoms with E-state index in [0.717, 1.165) is 12.6 Å². The Kier molecular flexibility index (Phi) is 5.02. The van der Waals surface area contributed by atoms with Gasteiger partial charge in [0.15, 0.2) is 0 Å². The van der Waals surface area contributed by atoms with Gasteiger partial charge >= 0.3 is 6.09 Å². The van der Waals surface area contributed by atoms with E-state index in [-0.39, 0.29) is 5.91 Å². The lowest BCUT2D eigenvalue weighted by Crippen LogP contribution is -2.48. The Labute approximate surface area is 134 Å². The van der Waals surface area contributed by atoms with Crippen molar-refractivity contribution in [3.8, 4) is 0 Å². The predicted octanol–water partition coefficient (Wildman–Crippen LogP) is 2.06. The molecule has 2 rings (SSSR count). The van der Waals surface area contributed by atoms with E-state index in [1.54, 1.807) is 20.8 Å². The Balaban J connectivity index is 1.92. The first-order valence-electron chi connectivity index (χ1n) is 7.43. The zero-order valence-corrected chi connectivity index (χ0v) is 13.4. The standard InChI is InChI=1S/C15H21FN4O3/c1-15(2,3)23-14(22)20-8-4-5-11(20)13(21)19-18-12-7-6-10(16)9-17-12/h6-7,9,11H,4-5,8H2,1-3H3,(H,17,18)(H,19,21). The van der Waals surface area contributed by atoms with Gasteiger partial charge in [0.25, 0.3) is 5.91 Å². The fourth-order valence-electron chi connectivity index (χ4n) is 2.24. The van der Waals surface area contributed by atoms with Crippen LogP contribution in [0.1, 0.15) is 33.6 Å². The van der Waals surface area contributed by atoms with Crippen LogP contribution in [0.5, 0.6) is 0 Å². The summed E-state index contributed by atoms with van der Waals surface area (Å²) in [6.45, 7) is 5.80. The highest BCUT2D eigenvalue weighted by molar-refractivity contribution is 5.86. The van der Waals surface area contributed by atoms with Gasteiger partial charge in [-0.2, -0.15) is 0 Å². The summed E-state index contributed by atoms with van der Waals surface area (Å²) >= 11 is 0. The number of ether oxygens (including phenoxy) is 1. The van der Waals surface area contributed by atoms with Crippen molar-refractivity contribution < 1.29 is 18.7 Å². The summed E-state index contributed by atoms with van der Waals surface area (Å²) in [5, 5.41) is 0. The van der Waals surface area contributed by atoms with Crippen molar-refractivity contribution in [2.45, 2.75) is 45.3 Å². The SMILES string of the molecule is CC(C)(C)OC(=O)N1CCCC1C(=O)NNc1ccc(F)cn1. The molecule has 1 atom stereocenters. The van der Waals surface area contributed by atoms with E-state index in [4.69, 9.17) is 4.74 Å². The molecule has 1 unspecified atom stereocenters. The molecule has 2 N–H and O–H groups in total. The van der Waals surface area contributed by atoms with Gasteiger partial charge < -0.3 is 4.74 Å². The van der Waals surface area contributed by atoms with E-state index in [9.17, 15) is 14.0 Å². The molecule has 2 heterocycles. The summed E-state index contributed by atoms with van der Waals surface area (Å²) in [5.41, 5.74) is 4.47. The highest BCUT2D eigenvalue weighted by Crippen LogP contribution is 2.21. The van der Waals surface area contributed by atoms with E-state index >= 15 is 0 Å². The first-order chi connectivity index (χ1) is 10.8. The molecule has 1 aliphatic rings. The molecular weight excluding hydrogens is 303 g/mol. The minimum Gasteiger partial charge on any atom is -0.444 e. The van der Waals surface area contributed by atoms with E-state index in [0.29, 0.717) is 18.8 Å². The van der Waals surface area contributed by atoms with Crippen molar-refractivity contribution in [3.63, 3.8) is 0 Å². The molecule has 1 aromatic rings. The third kappa shape index (κ3) is 4.80. The lowest BCUT2D eigenvalue weighted by atomic mass is 10.2. The number of hydrogen-bond acceptors (Lipinski definition) is 5. The number of pyridine rings is 1. The van der Waals surface area contributed by atoms with Gasteiger partial charge in [-0.3, -0.25) is 20.5 Å². The summed E-state index contributed by atoms with van der Waals surface area (Å²) in [6.07, 6.45) is 1.82. The molecular formula is C15H21FN4O3. The molecule has 7 nitrogen and oxygen atoms in total. The molecule has 0 aliphatic carbocycles. The van der Waals surface area contributed by atoms with Crippen LogP contribution < -0.4 is 10.9 Å². The van der Waals surface area contributed by atoms with Crippen molar-refractivity contribution >= 4 is 17.8 Å². The molecule has 2 amide bonds. The lowest BCUT2D eigenvalue weighted by Gasteiger charge is -2.28. The highest BCUT2D eigenvalue weighted by Gasteiger charge is 2.36. The number of carbonyl (C=O) groups excluding carboxylic acids is 2. The summed E-state index contributed by atoms with van der Waals surface area (Å²) in [5.74, 6) is -0.519. The predicted molar refractivity (Wildman–Crippen MR) is 81.9 cm³/mol. The van der Waals surface area contributed by atoms with Gasteiger partial charge in [0.05, 0.1) is 6.20 Å². The topological polar surface area (TPSA) is 83.6 Å². The normalized spacial score (nSPS) is 17.7. The average molecular weight is 324 g/mol. The third-order valence-corrected chi connectivity index (χ3v) is 3.22. The van der Waals surface area contributed by atoms with Gasteiger partial charge in [-0.25, -0.2) is 14.2 Å². The molecule has 0 radical (unpaired) electrons. The maximum absolute atomic E-state index is 12.8. The van der Waals surface area contributed by atoms with Crippen LogP contribution in [0.3, 0.4) is 0 Å². The fraction of sp³-hybridized carbons (Fsp3) is 0.533. The van der Waals surface area contributed by atoms with E-state index in [1.165, 1.54) is 17.0 Å². The summed E-state index contributed by atoms with van der Waals surface area (Å²) < 4.78 is 18.1. The molecule has 1 saturated heterocycles. The number of amides is 2. The molecule has 8 heteroatoms. The summed E-state index contributed by atoms with van der Waals surface area (Å²) in [4.78, 5) is 29.6. The Morgan fingerprint density at radius 1 is 1.39 bits per heavy atom. The van der Waals surface area contributed by atoms with Crippen LogP contribution in [0, 0.1) is 5.82 Å². The van der Waals surface area contributed by atoms with Gasteiger partial charge in [0.1, 0.15) is 23.3 Å². The van der Waals surface area contributed by atoms with E-state index in [2.05, 4.69) is 15.8 Å². The second kappa shape index (κ2) is 6.80. The zero-order valence-electron chi connectivity index (χ0n) is 13.4. The first kappa shape index (κ1) is 17.0. The Hall–Kier alpha value is -2.38. The van der Waals surface area contributed by atoms with Gasteiger partial charge in [-0.15, -0.1) is 0 Å². The molecule has 23 heavy (non-hydrogen) atoms. The van der Waals surface area contributed by atoms with Gasteiger partial charge in [-0.1, -0.05) is 0 Å². The molecule has 126 valence electrons. The maximum atomic E-state index is 12.8. The van der Waals surface area contributed by atoms with E-state index in [1.807, 2.05) is 0 Å². The number of carbonyl (C=O) groups is 2. The number of anilines is 1. The molecule has 1 fully saturated rings. The monoisotopic (exact) mass is 324 g/mol. The molecule has 1 aliphatic heterocycles. The van der Waals surface area contributed by atoms with Gasteiger partial charge in [0, 0.05) is 6.54 Å². The number of hydrogen-bond donors (Lipinski definition) is 2. The summed E-state index contributed by atoms with van der Waals surface area (Å²) in [6, 6.07) is 2.03. The Bertz CT molecular complexity index is 571. The lowest BCUT2D eigenvalue weighted by molar-refractivity contribution is -0.125. The molecule has 0 spiro atoms.